The molecule has 1 fully saturated rings. The van der Waals surface area contributed by atoms with Crippen LogP contribution < -0.4 is 4.74 Å². The van der Waals surface area contributed by atoms with Gasteiger partial charge in [-0.05, 0) is 111 Å². The van der Waals surface area contributed by atoms with Gasteiger partial charge in [-0.3, -0.25) is 14.8 Å². The maximum Gasteiger partial charge on any atom is 0.303 e. The van der Waals surface area contributed by atoms with Crippen molar-refractivity contribution in [2.24, 2.45) is 11.8 Å². The number of alkyl halides is 1. The quantitative estimate of drug-likeness (QED) is 0.276. The molecule has 4 rings (SSSR count). The van der Waals surface area contributed by atoms with Gasteiger partial charge in [-0.25, -0.2) is 4.39 Å². The number of aliphatic carboxylic acids is 1. The van der Waals surface area contributed by atoms with Crippen LogP contribution >= 0.6 is 0 Å². The van der Waals surface area contributed by atoms with Gasteiger partial charge in [0.25, 0.3) is 0 Å². The molecule has 1 aliphatic heterocycles. The second-order valence-corrected chi connectivity index (χ2v) is 10.2. The molecule has 37 heavy (non-hydrogen) atoms. The van der Waals surface area contributed by atoms with Crippen LogP contribution in [0.15, 0.2) is 55.0 Å². The number of likely N-dealkylation sites (tertiary alicyclic amines) is 1. The standard InChI is InChI=1S/C30H38FN3O3/c1-37-25-9-11-29-27(19-25)26(13-16-33-29)28(31)10-7-23-14-18-34(21-24(23)8-12-30(35)36)17-3-2-5-22-6-4-15-32-20-22/h4,6,9,11,13,15-16,19-20,23-24,28H,2-3,5,7-8,10,12,14,17-18,21H2,1H3,(H,35,36)/t23?,24?,28-/m0/s1. The Labute approximate surface area is 218 Å². The van der Waals surface area contributed by atoms with Crippen LogP contribution in [0.4, 0.5) is 4.39 Å². The molecular weight excluding hydrogens is 469 g/mol. The van der Waals surface area contributed by atoms with Crippen molar-refractivity contribution in [2.45, 2.75) is 57.5 Å². The molecule has 7 heteroatoms. The van der Waals surface area contributed by atoms with E-state index < -0.39 is 12.1 Å². The fourth-order valence-corrected chi connectivity index (χ4v) is 5.65. The van der Waals surface area contributed by atoms with E-state index in [0.717, 1.165) is 62.6 Å². The van der Waals surface area contributed by atoms with E-state index in [2.05, 4.69) is 20.9 Å². The van der Waals surface area contributed by atoms with E-state index >= 15 is 4.39 Å². The molecule has 3 atom stereocenters. The Balaban J connectivity index is 1.32. The number of pyridine rings is 2. The van der Waals surface area contributed by atoms with Crippen molar-refractivity contribution in [3.8, 4) is 5.75 Å². The molecule has 6 nitrogen and oxygen atoms in total. The number of carboxylic acid groups (broad SMARTS) is 1. The first kappa shape index (κ1) is 27.0. The lowest BCUT2D eigenvalue weighted by Gasteiger charge is -2.39. The van der Waals surface area contributed by atoms with Gasteiger partial charge in [0.1, 0.15) is 11.9 Å². The Morgan fingerprint density at radius 2 is 2.08 bits per heavy atom. The number of methoxy groups -OCH3 is 1. The summed E-state index contributed by atoms with van der Waals surface area (Å²) in [6.07, 6.45) is 10.5. The highest BCUT2D eigenvalue weighted by atomic mass is 19.1. The molecule has 0 bridgehead atoms. The first-order valence-corrected chi connectivity index (χ1v) is 13.4. The molecule has 1 aromatic carbocycles. The van der Waals surface area contributed by atoms with Crippen molar-refractivity contribution in [3.05, 3.63) is 66.1 Å². The maximum atomic E-state index is 15.5. The molecule has 0 radical (unpaired) electrons. The number of hydrogen-bond donors (Lipinski definition) is 1. The van der Waals surface area contributed by atoms with Gasteiger partial charge in [0.2, 0.25) is 0 Å². The van der Waals surface area contributed by atoms with Crippen molar-refractivity contribution in [1.82, 2.24) is 14.9 Å². The first-order valence-electron chi connectivity index (χ1n) is 13.4. The summed E-state index contributed by atoms with van der Waals surface area (Å²) in [7, 11) is 1.61. The monoisotopic (exact) mass is 507 g/mol. The van der Waals surface area contributed by atoms with Crippen LogP contribution in [0.3, 0.4) is 0 Å². The molecule has 0 aliphatic carbocycles. The Morgan fingerprint density at radius 1 is 1.19 bits per heavy atom. The predicted molar refractivity (Wildman–Crippen MR) is 143 cm³/mol. The Bertz CT molecular complexity index is 1140. The number of piperidine rings is 1. The van der Waals surface area contributed by atoms with Crippen LogP contribution in [0.2, 0.25) is 0 Å². The van der Waals surface area contributed by atoms with Crippen molar-refractivity contribution in [1.29, 1.82) is 0 Å². The summed E-state index contributed by atoms with van der Waals surface area (Å²) >= 11 is 0. The molecule has 198 valence electrons. The van der Waals surface area contributed by atoms with E-state index in [4.69, 9.17) is 4.74 Å². The molecule has 3 heterocycles. The molecule has 2 unspecified atom stereocenters. The minimum atomic E-state index is -1.09. The van der Waals surface area contributed by atoms with E-state index in [1.807, 2.05) is 30.5 Å². The summed E-state index contributed by atoms with van der Waals surface area (Å²) in [6.45, 7) is 2.91. The number of carboxylic acids is 1. The lowest BCUT2D eigenvalue weighted by Crippen LogP contribution is -2.41. The number of fused-ring (bicyclic) bond motifs is 1. The van der Waals surface area contributed by atoms with Crippen molar-refractivity contribution >= 4 is 16.9 Å². The second-order valence-electron chi connectivity index (χ2n) is 10.2. The minimum Gasteiger partial charge on any atom is -0.497 e. The van der Waals surface area contributed by atoms with Crippen molar-refractivity contribution < 1.29 is 19.0 Å². The van der Waals surface area contributed by atoms with Gasteiger partial charge in [-0.1, -0.05) is 6.07 Å². The van der Waals surface area contributed by atoms with E-state index in [1.165, 1.54) is 5.56 Å². The molecule has 0 spiro atoms. The molecule has 3 aromatic rings. The minimum absolute atomic E-state index is 0.170. The number of rotatable bonds is 13. The number of ether oxygens (including phenoxy) is 1. The predicted octanol–water partition coefficient (Wildman–Crippen LogP) is 6.26. The summed E-state index contributed by atoms with van der Waals surface area (Å²) in [5.41, 5.74) is 2.68. The maximum absolute atomic E-state index is 15.5. The van der Waals surface area contributed by atoms with Crippen LogP contribution in [0.5, 0.6) is 5.75 Å². The van der Waals surface area contributed by atoms with E-state index in [9.17, 15) is 9.90 Å². The average Bonchev–Trinajstić information content (AvgIpc) is 2.93. The molecule has 2 aromatic heterocycles. The molecule has 1 saturated heterocycles. The van der Waals surface area contributed by atoms with Gasteiger partial charge >= 0.3 is 5.97 Å². The summed E-state index contributed by atoms with van der Waals surface area (Å²) < 4.78 is 20.9. The molecular formula is C30H38FN3O3. The number of benzene rings is 1. The van der Waals surface area contributed by atoms with Crippen LogP contribution in [0.25, 0.3) is 10.9 Å². The lowest BCUT2D eigenvalue weighted by molar-refractivity contribution is -0.137. The van der Waals surface area contributed by atoms with Gasteiger partial charge in [-0.2, -0.15) is 0 Å². The number of nitrogens with zero attached hydrogens (tertiary/aromatic N) is 3. The van der Waals surface area contributed by atoms with Gasteiger partial charge in [0.15, 0.2) is 0 Å². The zero-order valence-electron chi connectivity index (χ0n) is 21.7. The lowest BCUT2D eigenvalue weighted by atomic mass is 9.79. The summed E-state index contributed by atoms with van der Waals surface area (Å²) in [5.74, 6) is 0.555. The van der Waals surface area contributed by atoms with Crippen LogP contribution in [-0.4, -0.2) is 52.7 Å². The van der Waals surface area contributed by atoms with Crippen LogP contribution in [0.1, 0.15) is 62.2 Å². The summed E-state index contributed by atoms with van der Waals surface area (Å²) in [4.78, 5) is 22.3. The molecule has 1 N–H and O–H groups in total. The number of aromatic nitrogens is 2. The molecule has 0 saturated carbocycles. The normalized spacial score (nSPS) is 19.1. The molecule has 0 amide bonds. The fraction of sp³-hybridized carbons (Fsp3) is 0.500. The number of hydrogen-bond acceptors (Lipinski definition) is 5. The van der Waals surface area contributed by atoms with Crippen molar-refractivity contribution in [2.75, 3.05) is 26.7 Å². The number of aryl methyl sites for hydroxylation is 1. The van der Waals surface area contributed by atoms with Gasteiger partial charge in [0, 0.05) is 36.9 Å². The zero-order valence-corrected chi connectivity index (χ0v) is 21.7. The number of carbonyl (C=O) groups is 1. The van der Waals surface area contributed by atoms with E-state index in [1.54, 1.807) is 25.6 Å². The topological polar surface area (TPSA) is 75.5 Å². The highest BCUT2D eigenvalue weighted by Gasteiger charge is 2.30. The molecule has 1 aliphatic rings. The average molecular weight is 508 g/mol. The SMILES string of the molecule is COc1ccc2nccc([C@@H](F)CCC3CCN(CCCCc4cccnc4)CC3CCC(=O)O)c2c1. The third-order valence-corrected chi connectivity index (χ3v) is 7.73. The smallest absolute Gasteiger partial charge is 0.303 e. The van der Waals surface area contributed by atoms with E-state index in [0.29, 0.717) is 30.1 Å². The zero-order chi connectivity index (χ0) is 26.0. The van der Waals surface area contributed by atoms with Gasteiger partial charge < -0.3 is 14.7 Å². The Hall–Kier alpha value is -3.06. The van der Waals surface area contributed by atoms with E-state index in [-0.39, 0.29) is 12.3 Å². The largest absolute Gasteiger partial charge is 0.497 e. The second kappa shape index (κ2) is 13.5. The van der Waals surface area contributed by atoms with Crippen LogP contribution in [-0.2, 0) is 11.2 Å². The number of halogens is 1. The summed E-state index contributed by atoms with van der Waals surface area (Å²) in [5, 5.41) is 10.1. The summed E-state index contributed by atoms with van der Waals surface area (Å²) in [6, 6.07) is 11.4. The highest BCUT2D eigenvalue weighted by molar-refractivity contribution is 5.83. The third-order valence-electron chi connectivity index (χ3n) is 7.73. The van der Waals surface area contributed by atoms with Gasteiger partial charge in [-0.15, -0.1) is 0 Å². The first-order chi connectivity index (χ1) is 18.0. The number of unbranched alkanes of at least 4 members (excludes halogenated alkanes) is 1. The third kappa shape index (κ3) is 7.71. The highest BCUT2D eigenvalue weighted by Crippen LogP contribution is 2.36. The van der Waals surface area contributed by atoms with Crippen molar-refractivity contribution in [3.63, 3.8) is 0 Å². The Morgan fingerprint density at radius 3 is 2.86 bits per heavy atom. The fourth-order valence-electron chi connectivity index (χ4n) is 5.65. The van der Waals surface area contributed by atoms with Gasteiger partial charge in [0.05, 0.1) is 12.6 Å². The Kier molecular flexibility index (Phi) is 9.83. The van der Waals surface area contributed by atoms with Crippen LogP contribution in [0, 0.1) is 11.8 Å².